The highest BCUT2D eigenvalue weighted by Gasteiger charge is 2.38. The molecule has 2 fully saturated rings. The van der Waals surface area contributed by atoms with Crippen LogP contribution >= 0.6 is 0 Å². The number of carbonyl (C=O) groups excluding carboxylic acids is 3. The molecule has 2 aliphatic heterocycles. The molecule has 3 rings (SSSR count). The third-order valence-corrected chi connectivity index (χ3v) is 6.27. The topological polar surface area (TPSA) is 107 Å². The van der Waals surface area contributed by atoms with E-state index in [1.165, 1.54) is 0 Å². The van der Waals surface area contributed by atoms with E-state index in [2.05, 4.69) is 4.72 Å². The second-order valence-electron chi connectivity index (χ2n) is 8.46. The van der Waals surface area contributed by atoms with Gasteiger partial charge in [-0.3, -0.25) is 19.1 Å². The monoisotopic (exact) mass is 450 g/mol. The summed E-state index contributed by atoms with van der Waals surface area (Å²) in [6.07, 6.45) is 1.99. The Bertz CT molecular complexity index is 945. The minimum absolute atomic E-state index is 0.0120. The van der Waals surface area contributed by atoms with Crippen LogP contribution in [-0.2, 0) is 19.6 Å². The summed E-state index contributed by atoms with van der Waals surface area (Å²) in [4.78, 5) is 43.2. The predicted octanol–water partition coefficient (Wildman–Crippen LogP) is 0.990. The molecular weight excluding hydrogens is 420 g/mol. The lowest BCUT2D eigenvalue weighted by atomic mass is 10.1. The summed E-state index contributed by atoms with van der Waals surface area (Å²) in [6.45, 7) is 6.31. The van der Waals surface area contributed by atoms with Crippen LogP contribution in [0.2, 0.25) is 0 Å². The van der Waals surface area contributed by atoms with Crippen LogP contribution in [0.4, 0.5) is 5.69 Å². The number of nitrogens with one attached hydrogen (secondary N) is 1. The second kappa shape index (κ2) is 9.25. The molecule has 2 aliphatic rings. The zero-order valence-corrected chi connectivity index (χ0v) is 19.0. The second-order valence-corrected chi connectivity index (χ2v) is 10.2. The molecule has 0 aliphatic carbocycles. The van der Waals surface area contributed by atoms with Gasteiger partial charge in [0.2, 0.25) is 21.8 Å². The van der Waals surface area contributed by atoms with Gasteiger partial charge in [-0.15, -0.1) is 0 Å². The summed E-state index contributed by atoms with van der Waals surface area (Å²) >= 11 is 0. The maximum Gasteiger partial charge on any atom is 0.253 e. The number of amides is 3. The van der Waals surface area contributed by atoms with Crippen molar-refractivity contribution in [2.45, 2.75) is 32.7 Å². The molecule has 1 atom stereocenters. The molecule has 0 saturated carbocycles. The Labute approximate surface area is 183 Å². The van der Waals surface area contributed by atoms with Crippen LogP contribution in [0.15, 0.2) is 24.3 Å². The Kier molecular flexibility index (Phi) is 6.88. The lowest BCUT2D eigenvalue weighted by molar-refractivity contribution is -0.135. The van der Waals surface area contributed by atoms with E-state index in [1.54, 1.807) is 39.0 Å². The van der Waals surface area contributed by atoms with E-state index in [1.807, 2.05) is 13.8 Å². The molecule has 2 heterocycles. The molecule has 10 heteroatoms. The number of nitrogens with zero attached hydrogens (tertiary/aromatic N) is 3. The van der Waals surface area contributed by atoms with Crippen LogP contribution in [0.5, 0.6) is 0 Å². The molecule has 3 amide bonds. The molecule has 1 N–H and O–H groups in total. The first-order valence-electron chi connectivity index (χ1n) is 10.5. The van der Waals surface area contributed by atoms with Gasteiger partial charge in [0.25, 0.3) is 5.91 Å². The lowest BCUT2D eigenvalue weighted by Crippen LogP contribution is -2.41. The first-order valence-corrected chi connectivity index (χ1v) is 12.4. The largest absolute Gasteiger partial charge is 0.341 e. The number of sulfonamides is 1. The lowest BCUT2D eigenvalue weighted by Gasteiger charge is -2.25. The smallest absolute Gasteiger partial charge is 0.253 e. The third kappa shape index (κ3) is 5.75. The van der Waals surface area contributed by atoms with Gasteiger partial charge in [0.1, 0.15) is 0 Å². The highest BCUT2D eigenvalue weighted by Crippen LogP contribution is 2.23. The molecule has 2 saturated heterocycles. The van der Waals surface area contributed by atoms with Crippen LogP contribution in [0.1, 0.15) is 37.0 Å². The van der Waals surface area contributed by atoms with Gasteiger partial charge < -0.3 is 14.7 Å². The number of anilines is 1. The van der Waals surface area contributed by atoms with Gasteiger partial charge in [-0.25, -0.2) is 8.42 Å². The molecule has 0 spiro atoms. The predicted molar refractivity (Wildman–Crippen MR) is 117 cm³/mol. The van der Waals surface area contributed by atoms with E-state index in [4.69, 9.17) is 0 Å². The van der Waals surface area contributed by atoms with E-state index >= 15 is 0 Å². The van der Waals surface area contributed by atoms with Crippen LogP contribution in [0, 0.1) is 5.92 Å². The molecule has 1 aromatic carbocycles. The SMILES string of the molecule is CC(C)N1CC(C(=O)N2CCCN(C(=O)c3ccc(NS(C)(=O)=O)cc3)CC2)CC1=O. The summed E-state index contributed by atoms with van der Waals surface area (Å²) < 4.78 is 25.0. The molecule has 0 radical (unpaired) electrons. The standard InChI is InChI=1S/C21H30N4O5S/c1-15(2)25-14-17(13-19(25)26)21(28)24-10-4-9-23(11-12-24)20(27)16-5-7-18(8-6-16)22-31(3,29)30/h5-8,15,17,22H,4,9-14H2,1-3H3. The molecule has 1 aromatic rings. The molecule has 0 bridgehead atoms. The first kappa shape index (κ1) is 23.1. The van der Waals surface area contributed by atoms with Crippen molar-refractivity contribution in [1.29, 1.82) is 0 Å². The van der Waals surface area contributed by atoms with Crippen molar-refractivity contribution < 1.29 is 22.8 Å². The Morgan fingerprint density at radius 2 is 1.65 bits per heavy atom. The average molecular weight is 451 g/mol. The van der Waals surface area contributed by atoms with Crippen LogP contribution in [-0.4, -0.2) is 85.9 Å². The van der Waals surface area contributed by atoms with Crippen LogP contribution < -0.4 is 4.72 Å². The van der Waals surface area contributed by atoms with Crippen molar-refractivity contribution in [2.75, 3.05) is 43.7 Å². The number of hydrogen-bond acceptors (Lipinski definition) is 5. The quantitative estimate of drug-likeness (QED) is 0.720. The fourth-order valence-corrected chi connectivity index (χ4v) is 4.64. The number of rotatable bonds is 5. The van der Waals surface area contributed by atoms with Crippen molar-refractivity contribution in [2.24, 2.45) is 5.92 Å². The fraction of sp³-hybridized carbons (Fsp3) is 0.571. The minimum Gasteiger partial charge on any atom is -0.341 e. The van der Waals surface area contributed by atoms with E-state index in [-0.39, 0.29) is 36.1 Å². The highest BCUT2D eigenvalue weighted by atomic mass is 32.2. The maximum atomic E-state index is 13.0. The van der Waals surface area contributed by atoms with Gasteiger partial charge in [-0.05, 0) is 44.5 Å². The van der Waals surface area contributed by atoms with Gasteiger partial charge in [0.05, 0.1) is 12.2 Å². The summed E-state index contributed by atoms with van der Waals surface area (Å²) in [5.74, 6) is -0.454. The molecule has 31 heavy (non-hydrogen) atoms. The number of carbonyl (C=O) groups is 3. The summed E-state index contributed by atoms with van der Waals surface area (Å²) in [5.41, 5.74) is 0.862. The highest BCUT2D eigenvalue weighted by molar-refractivity contribution is 7.92. The van der Waals surface area contributed by atoms with E-state index in [9.17, 15) is 22.8 Å². The molecule has 1 unspecified atom stereocenters. The van der Waals surface area contributed by atoms with Crippen molar-refractivity contribution in [1.82, 2.24) is 14.7 Å². The van der Waals surface area contributed by atoms with Gasteiger partial charge in [-0.1, -0.05) is 0 Å². The Balaban J connectivity index is 1.59. The zero-order valence-electron chi connectivity index (χ0n) is 18.2. The van der Waals surface area contributed by atoms with Crippen molar-refractivity contribution in [3.8, 4) is 0 Å². The van der Waals surface area contributed by atoms with Crippen molar-refractivity contribution >= 4 is 33.4 Å². The van der Waals surface area contributed by atoms with Gasteiger partial charge in [0.15, 0.2) is 0 Å². The minimum atomic E-state index is -3.38. The normalized spacial score (nSPS) is 20.2. The van der Waals surface area contributed by atoms with Gasteiger partial charge in [0, 0.05) is 56.4 Å². The maximum absolute atomic E-state index is 13.0. The number of benzene rings is 1. The van der Waals surface area contributed by atoms with E-state index in [0.29, 0.717) is 50.4 Å². The van der Waals surface area contributed by atoms with E-state index < -0.39 is 10.0 Å². The Hall–Kier alpha value is -2.62. The Morgan fingerprint density at radius 1 is 1.03 bits per heavy atom. The number of hydrogen-bond donors (Lipinski definition) is 1. The summed E-state index contributed by atoms with van der Waals surface area (Å²) in [7, 11) is -3.38. The molecular formula is C21H30N4O5S. The first-order chi connectivity index (χ1) is 14.5. The molecule has 9 nitrogen and oxygen atoms in total. The van der Waals surface area contributed by atoms with Gasteiger partial charge in [-0.2, -0.15) is 0 Å². The van der Waals surface area contributed by atoms with Crippen molar-refractivity contribution in [3.63, 3.8) is 0 Å². The van der Waals surface area contributed by atoms with Gasteiger partial charge >= 0.3 is 0 Å². The summed E-state index contributed by atoms with van der Waals surface area (Å²) in [6, 6.07) is 6.38. The molecule has 0 aromatic heterocycles. The van der Waals surface area contributed by atoms with Crippen LogP contribution in [0.25, 0.3) is 0 Å². The fourth-order valence-electron chi connectivity index (χ4n) is 4.07. The Morgan fingerprint density at radius 3 is 2.23 bits per heavy atom. The average Bonchev–Trinajstić information content (AvgIpc) is 2.93. The number of likely N-dealkylation sites (tertiary alicyclic amines) is 1. The third-order valence-electron chi connectivity index (χ3n) is 5.66. The van der Waals surface area contributed by atoms with Crippen LogP contribution in [0.3, 0.4) is 0 Å². The van der Waals surface area contributed by atoms with Crippen molar-refractivity contribution in [3.05, 3.63) is 29.8 Å². The molecule has 170 valence electrons. The zero-order chi connectivity index (χ0) is 22.8. The van der Waals surface area contributed by atoms with E-state index in [0.717, 1.165) is 6.26 Å². The summed E-state index contributed by atoms with van der Waals surface area (Å²) in [5, 5.41) is 0.